The summed E-state index contributed by atoms with van der Waals surface area (Å²) in [6, 6.07) is 0. The van der Waals surface area contributed by atoms with E-state index in [0.717, 1.165) is 44.6 Å². The van der Waals surface area contributed by atoms with E-state index in [9.17, 15) is 38.4 Å². The van der Waals surface area contributed by atoms with E-state index in [0.29, 0.717) is 0 Å². The summed E-state index contributed by atoms with van der Waals surface area (Å²) in [5.74, 6) is -2.35. The van der Waals surface area contributed by atoms with Gasteiger partial charge in [-0.05, 0) is 226 Å². The number of allylic oxidation sites excluding steroid dienone is 36. The summed E-state index contributed by atoms with van der Waals surface area (Å²) in [6.45, 7) is 64.0. The third-order valence-electron chi connectivity index (χ3n) is 21.2. The van der Waals surface area contributed by atoms with E-state index >= 15 is 0 Å². The number of Topliss-reactive ketones (excluding diaryl/α,β-unsaturated/α-hetero) is 4. The minimum atomic E-state index is -0.504. The number of carbonyl (C=O) groups is 8. The molecule has 4 rings (SSSR count). The molecule has 4 aliphatic carbocycles. The van der Waals surface area contributed by atoms with E-state index < -0.39 is 45.5 Å². The van der Waals surface area contributed by atoms with Crippen LogP contribution < -0.4 is 0 Å². The van der Waals surface area contributed by atoms with Crippen molar-refractivity contribution in [2.45, 2.75) is 299 Å². The van der Waals surface area contributed by atoms with Crippen LogP contribution in [0.25, 0.3) is 0 Å². The minimum Gasteiger partial charge on any atom is -0.454 e. The molecular weight excluding hydrogens is 1440 g/mol. The third-order valence-corrected chi connectivity index (χ3v) is 21.2. The van der Waals surface area contributed by atoms with Gasteiger partial charge >= 0.3 is 23.9 Å². The van der Waals surface area contributed by atoms with Gasteiger partial charge in [0.25, 0.3) is 0 Å². The van der Waals surface area contributed by atoms with Crippen LogP contribution in [0.1, 0.15) is 299 Å². The zero-order chi connectivity index (χ0) is 89.0. The summed E-state index contributed by atoms with van der Waals surface area (Å²) >= 11 is 0. The van der Waals surface area contributed by atoms with Crippen LogP contribution in [0.4, 0.5) is 0 Å². The Morgan fingerprint density at radius 2 is 0.440 bits per heavy atom. The summed E-state index contributed by atoms with van der Waals surface area (Å²) in [5.41, 5.74) is 18.4. The quantitative estimate of drug-likeness (QED) is 0.0314. The SMILES string of the molecule is CC1=C(/C=C/C(C)=C/C=C/C(C)=C/C(=O)OCC(=O)C(C)(C)C)C(C)(C)CCC1.CC1=C(/C=C/C(C)=C/C=C/C(C)=C\C(=O)OCC(=O)C(C)(C)C)C(C)(C)CCC1.CC1=C(/C=C/C(C)=C/C=C\C(C)=C/C(=O)OCC(=O)C(C)(C)C)C(C)(C)CCC1.CC1=C(/C=C/C(C)=C\C=C\C(C)=C\C(=O)OCC(=O)C(C)(C)C)C(C)(C)CCC1. The molecule has 4 aliphatic rings. The second-order valence-corrected chi connectivity index (χ2v) is 38.8. The number of hydrogen-bond acceptors (Lipinski definition) is 12. The molecule has 0 radical (unpaired) electrons. The smallest absolute Gasteiger partial charge is 0.331 e. The Morgan fingerprint density at radius 1 is 0.276 bits per heavy atom. The fourth-order valence-corrected chi connectivity index (χ4v) is 13.0. The molecule has 0 spiro atoms. The van der Waals surface area contributed by atoms with Gasteiger partial charge < -0.3 is 18.9 Å². The van der Waals surface area contributed by atoms with Crippen LogP contribution >= 0.6 is 0 Å². The fourth-order valence-electron chi connectivity index (χ4n) is 13.0. The second kappa shape index (κ2) is 48.9. The number of carbonyl (C=O) groups excluding carboxylic acids is 8. The van der Waals surface area contributed by atoms with E-state index in [4.69, 9.17) is 18.9 Å². The second-order valence-electron chi connectivity index (χ2n) is 38.8. The molecule has 0 N–H and O–H groups in total. The van der Waals surface area contributed by atoms with Crippen LogP contribution in [-0.2, 0) is 57.3 Å². The molecule has 0 aromatic heterocycles. The van der Waals surface area contributed by atoms with Gasteiger partial charge in [-0.25, -0.2) is 19.2 Å². The lowest BCUT2D eigenvalue weighted by Gasteiger charge is -2.33. The van der Waals surface area contributed by atoms with Crippen LogP contribution in [0.15, 0.2) is 235 Å². The minimum absolute atomic E-state index is 0.0933. The van der Waals surface area contributed by atoms with E-state index in [1.807, 2.05) is 184 Å². The lowest BCUT2D eigenvalue weighted by atomic mass is 9.72. The number of hydrogen-bond donors (Lipinski definition) is 0. The molecule has 0 aliphatic heterocycles. The van der Waals surface area contributed by atoms with Crippen LogP contribution in [0, 0.1) is 43.3 Å². The molecule has 0 aromatic carbocycles. The Labute approximate surface area is 703 Å². The van der Waals surface area contributed by atoms with Crippen molar-refractivity contribution in [3.8, 4) is 0 Å². The van der Waals surface area contributed by atoms with Gasteiger partial charge in [-0.1, -0.05) is 305 Å². The van der Waals surface area contributed by atoms with E-state index in [1.165, 1.54) is 146 Å². The molecule has 12 nitrogen and oxygen atoms in total. The van der Waals surface area contributed by atoms with Crippen molar-refractivity contribution in [3.05, 3.63) is 235 Å². The Morgan fingerprint density at radius 3 is 0.586 bits per heavy atom. The fraction of sp³-hybridized carbons (Fsp3) is 0.538. The van der Waals surface area contributed by atoms with Gasteiger partial charge in [0.05, 0.1) is 0 Å². The van der Waals surface area contributed by atoms with E-state index in [2.05, 4.69) is 159 Å². The molecule has 640 valence electrons. The highest BCUT2D eigenvalue weighted by Gasteiger charge is 2.31. The third kappa shape index (κ3) is 43.0. The summed E-state index contributed by atoms with van der Waals surface area (Å²) in [5, 5.41) is 0. The molecule has 116 heavy (non-hydrogen) atoms. The molecule has 0 fully saturated rings. The standard InChI is InChI=1S/4C26H38O3/c4*1-19(14-15-22-21(3)13-10-16-26(22,7)8)11-9-12-20(2)17-24(28)29-18-23(27)25(4,5)6/h4*9,11-12,14-15,17H,10,13,16,18H2,1-8H3/b12-9+,15-14+,19-11+,20-17+;12-9+,15-14+,19-11+,20-17-;12-9+,15-14+,19-11-,20-17+;12-9-,15-14+,19-11+,20-17-. The van der Waals surface area contributed by atoms with Gasteiger partial charge in [0.2, 0.25) is 0 Å². The van der Waals surface area contributed by atoms with Crippen molar-refractivity contribution >= 4 is 47.0 Å². The van der Waals surface area contributed by atoms with Crippen LogP contribution in [0.2, 0.25) is 0 Å². The topological polar surface area (TPSA) is 173 Å². The van der Waals surface area contributed by atoms with Crippen LogP contribution in [0.3, 0.4) is 0 Å². The van der Waals surface area contributed by atoms with Gasteiger partial charge in [-0.3, -0.25) is 19.2 Å². The molecule has 12 heteroatoms. The average molecular weight is 1590 g/mol. The summed E-state index contributed by atoms with van der Waals surface area (Å²) in [6.07, 6.45) is 61.2. The Hall–Kier alpha value is -8.64. The lowest BCUT2D eigenvalue weighted by Crippen LogP contribution is -2.26. The summed E-state index contributed by atoms with van der Waals surface area (Å²) < 4.78 is 20.1. The van der Waals surface area contributed by atoms with Crippen molar-refractivity contribution in [1.29, 1.82) is 0 Å². The molecule has 0 heterocycles. The predicted molar refractivity (Wildman–Crippen MR) is 486 cm³/mol. The molecule has 0 saturated carbocycles. The normalized spacial score (nSPS) is 18.6. The highest BCUT2D eigenvalue weighted by Crippen LogP contribution is 2.44. The van der Waals surface area contributed by atoms with Gasteiger partial charge in [-0.2, -0.15) is 0 Å². The summed E-state index contributed by atoms with van der Waals surface area (Å²) in [4.78, 5) is 94.6. The first-order valence-electron chi connectivity index (χ1n) is 41.8. The Bertz CT molecular complexity index is 3580. The average Bonchev–Trinajstić information content (AvgIpc) is 0.834. The van der Waals surface area contributed by atoms with Crippen LogP contribution in [0.5, 0.6) is 0 Å². The van der Waals surface area contributed by atoms with Crippen molar-refractivity contribution in [1.82, 2.24) is 0 Å². The number of esters is 4. The Kier molecular flexibility index (Phi) is 44.4. The number of rotatable bonds is 28. The first-order valence-corrected chi connectivity index (χ1v) is 41.8. The monoisotopic (exact) mass is 1590 g/mol. The maximum atomic E-state index is 11.8. The highest BCUT2D eigenvalue weighted by atomic mass is 16.5. The number of ether oxygens (including phenoxy) is 4. The van der Waals surface area contributed by atoms with E-state index in [1.54, 1.807) is 0 Å². The van der Waals surface area contributed by atoms with Crippen LogP contribution in [-0.4, -0.2) is 73.4 Å². The van der Waals surface area contributed by atoms with Crippen molar-refractivity contribution in [2.75, 3.05) is 26.4 Å². The molecule has 0 amide bonds. The number of ketones is 4. The Balaban J connectivity index is 0.000000773. The molecule has 0 atom stereocenters. The molecular formula is C104H152O12. The largest absolute Gasteiger partial charge is 0.454 e. The van der Waals surface area contributed by atoms with Gasteiger partial charge in [-0.15, -0.1) is 0 Å². The predicted octanol–water partition coefficient (Wildman–Crippen LogP) is 26.7. The maximum Gasteiger partial charge on any atom is 0.331 e. The first-order chi connectivity index (χ1) is 53.3. The molecule has 0 unspecified atom stereocenters. The zero-order valence-corrected chi connectivity index (χ0v) is 78.1. The summed E-state index contributed by atoms with van der Waals surface area (Å²) in [7, 11) is 0. The molecule has 0 aromatic rings. The van der Waals surface area contributed by atoms with Gasteiger partial charge in [0.15, 0.2) is 49.6 Å². The van der Waals surface area contributed by atoms with E-state index in [-0.39, 0.29) is 71.2 Å². The maximum absolute atomic E-state index is 11.8. The first kappa shape index (κ1) is 105. The van der Waals surface area contributed by atoms with Crippen molar-refractivity contribution in [3.63, 3.8) is 0 Å². The van der Waals surface area contributed by atoms with Gasteiger partial charge in [0.1, 0.15) is 0 Å². The lowest BCUT2D eigenvalue weighted by molar-refractivity contribution is -0.145. The van der Waals surface area contributed by atoms with Gasteiger partial charge in [0, 0.05) is 46.0 Å². The highest BCUT2D eigenvalue weighted by molar-refractivity contribution is 5.92. The molecule has 0 saturated heterocycles. The molecule has 0 bridgehead atoms. The zero-order valence-electron chi connectivity index (χ0n) is 78.1. The van der Waals surface area contributed by atoms with Crippen molar-refractivity contribution in [2.24, 2.45) is 43.3 Å². The van der Waals surface area contributed by atoms with Crippen molar-refractivity contribution < 1.29 is 57.3 Å².